The van der Waals surface area contributed by atoms with Crippen LogP contribution in [0.4, 0.5) is 0 Å². The number of fused-ring (bicyclic) bond motifs is 1. The van der Waals surface area contributed by atoms with E-state index in [0.717, 1.165) is 12.2 Å². The van der Waals surface area contributed by atoms with Crippen LogP contribution in [-0.4, -0.2) is 42.8 Å². The number of ether oxygens (including phenoxy) is 1. The third-order valence-electron chi connectivity index (χ3n) is 2.79. The van der Waals surface area contributed by atoms with Crippen molar-refractivity contribution in [2.45, 2.75) is 78.6 Å². The molecule has 1 atom stereocenters. The zero-order chi connectivity index (χ0) is 21.4. The van der Waals surface area contributed by atoms with Crippen molar-refractivity contribution in [2.24, 2.45) is 0 Å². The van der Waals surface area contributed by atoms with E-state index in [1.807, 2.05) is 18.2 Å². The van der Waals surface area contributed by atoms with Gasteiger partial charge in [-0.1, -0.05) is 59.8 Å². The molecule has 28 heavy (non-hydrogen) atoms. The van der Waals surface area contributed by atoms with Gasteiger partial charge in [0.05, 0.1) is 13.2 Å². The average molecular weight is 403 g/mol. The number of benzene rings is 1. The number of methoxy groups -OCH3 is 1. The zero-order valence-electron chi connectivity index (χ0n) is 18.3. The number of hydrogen-bond acceptors (Lipinski definition) is 5. The van der Waals surface area contributed by atoms with E-state index in [1.165, 1.54) is 11.1 Å². The van der Waals surface area contributed by atoms with E-state index in [9.17, 15) is 15.3 Å². The fraction of sp³-hybridized carbons (Fsp3) is 0.591. The van der Waals surface area contributed by atoms with E-state index in [-0.39, 0.29) is 17.4 Å². The number of allylic oxidation sites excluding steroid dienone is 1. The van der Waals surface area contributed by atoms with E-state index in [0.29, 0.717) is 12.3 Å². The summed E-state index contributed by atoms with van der Waals surface area (Å²) >= 11 is 0. The van der Waals surface area contributed by atoms with Gasteiger partial charge in [0.15, 0.2) is 0 Å². The number of nitriles is 1. The first kappa shape index (κ1) is 31.4. The third kappa shape index (κ3) is 19.4. The van der Waals surface area contributed by atoms with Crippen LogP contribution in [0, 0.1) is 11.3 Å². The van der Waals surface area contributed by atoms with Crippen molar-refractivity contribution in [3.63, 3.8) is 0 Å². The van der Waals surface area contributed by atoms with Gasteiger partial charge < -0.3 is 20.1 Å². The summed E-state index contributed by atoms with van der Waals surface area (Å²) in [5.41, 5.74) is 2.45. The van der Waals surface area contributed by atoms with E-state index in [1.54, 1.807) is 48.7 Å². The molecule has 0 bridgehead atoms. The molecule has 0 spiro atoms. The quantitative estimate of drug-likeness (QED) is 0.703. The maximum Gasteiger partial charge on any atom is 3.00 e. The molecule has 0 saturated carbocycles. The van der Waals surface area contributed by atoms with Crippen molar-refractivity contribution in [3.05, 3.63) is 35.4 Å². The molecule has 0 fully saturated rings. The van der Waals surface area contributed by atoms with Crippen LogP contribution in [0.5, 0.6) is 5.75 Å². The maximum absolute atomic E-state index is 9.53. The first-order valence-electron chi connectivity index (χ1n) is 9.23. The summed E-state index contributed by atoms with van der Waals surface area (Å²) in [4.78, 5) is 0. The van der Waals surface area contributed by atoms with Gasteiger partial charge in [0, 0.05) is 12.3 Å². The molecule has 1 aliphatic carbocycles. The summed E-state index contributed by atoms with van der Waals surface area (Å²) in [7, 11) is 1.67. The van der Waals surface area contributed by atoms with Gasteiger partial charge in [-0.25, -0.2) is 0 Å². The van der Waals surface area contributed by atoms with Crippen molar-refractivity contribution < 1.29 is 20.1 Å². The predicted molar refractivity (Wildman–Crippen MR) is 111 cm³/mol. The van der Waals surface area contributed by atoms with Crippen LogP contribution >= 0.6 is 0 Å². The fourth-order valence-corrected chi connectivity index (χ4v) is 1.97. The molecule has 1 aromatic rings. The molecule has 154 valence electrons. The Kier molecular flexibility index (Phi) is 21.3. The molecule has 1 aliphatic rings. The van der Waals surface area contributed by atoms with Crippen LogP contribution < -0.4 is 20.1 Å². The smallest absolute Gasteiger partial charge is 0.852 e. The first-order valence-corrected chi connectivity index (χ1v) is 9.23. The molecule has 0 aromatic heterocycles. The maximum atomic E-state index is 9.53. The van der Waals surface area contributed by atoms with Crippen LogP contribution in [0.2, 0.25) is 0 Å². The van der Waals surface area contributed by atoms with Crippen LogP contribution in [0.15, 0.2) is 24.3 Å². The van der Waals surface area contributed by atoms with Crippen molar-refractivity contribution in [3.8, 4) is 11.8 Å². The van der Waals surface area contributed by atoms with Crippen molar-refractivity contribution in [1.29, 1.82) is 5.26 Å². The molecule has 0 amide bonds. The normalized spacial score (nSPS) is 13.5. The first-order chi connectivity index (χ1) is 12.5. The average Bonchev–Trinajstić information content (AvgIpc) is 2.53. The number of hydrogen-bond donors (Lipinski definition) is 0. The second-order valence-electron chi connectivity index (χ2n) is 6.84. The molecule has 1 aromatic carbocycles. The van der Waals surface area contributed by atoms with Crippen molar-refractivity contribution in [1.82, 2.24) is 0 Å². The summed E-state index contributed by atoms with van der Waals surface area (Å²) in [6, 6.07) is 8.29. The van der Waals surface area contributed by atoms with Crippen LogP contribution in [0.3, 0.4) is 0 Å². The predicted octanol–water partition coefficient (Wildman–Crippen LogP) is 1.99. The largest absolute Gasteiger partial charge is 3.00 e. The zero-order valence-corrected chi connectivity index (χ0v) is 19.4. The summed E-state index contributed by atoms with van der Waals surface area (Å²) in [6.07, 6.45) is 4.53. The summed E-state index contributed by atoms with van der Waals surface area (Å²) < 4.78 is 5.20. The molecular formula is C22H34AlNO4. The molecule has 0 heterocycles. The Balaban J connectivity index is -0.000000401. The summed E-state index contributed by atoms with van der Waals surface area (Å²) in [5.74, 6) is 1.19. The molecule has 0 N–H and O–H groups in total. The Bertz CT molecular complexity index is 544. The van der Waals surface area contributed by atoms with Crippen molar-refractivity contribution in [2.75, 3.05) is 7.11 Å². The third-order valence-corrected chi connectivity index (χ3v) is 2.79. The van der Waals surface area contributed by atoms with Gasteiger partial charge in [-0.3, -0.25) is 0 Å². The summed E-state index contributed by atoms with van der Waals surface area (Å²) in [5, 5.41) is 37.3. The van der Waals surface area contributed by atoms with Crippen molar-refractivity contribution >= 4 is 23.4 Å². The molecule has 0 radical (unpaired) electrons. The van der Waals surface area contributed by atoms with Crippen LogP contribution in [0.1, 0.15) is 71.4 Å². The van der Waals surface area contributed by atoms with Gasteiger partial charge in [-0.2, -0.15) is 5.26 Å². The monoisotopic (exact) mass is 403 g/mol. The Morgan fingerprint density at radius 3 is 1.89 bits per heavy atom. The molecule has 1 unspecified atom stereocenters. The van der Waals surface area contributed by atoms with Gasteiger partial charge in [0.25, 0.3) is 0 Å². The van der Waals surface area contributed by atoms with E-state index >= 15 is 0 Å². The fourth-order valence-electron chi connectivity index (χ4n) is 1.97. The number of nitrogens with zero attached hydrogens (tertiary/aromatic N) is 1. The van der Waals surface area contributed by atoms with Gasteiger partial charge in [0.2, 0.25) is 0 Å². The van der Waals surface area contributed by atoms with Crippen LogP contribution in [-0.2, 0) is 0 Å². The van der Waals surface area contributed by atoms with Gasteiger partial charge in [-0.05, 0) is 29.7 Å². The minimum absolute atomic E-state index is 0. The molecular weight excluding hydrogens is 369 g/mol. The Morgan fingerprint density at radius 2 is 1.50 bits per heavy atom. The van der Waals surface area contributed by atoms with Gasteiger partial charge in [0.1, 0.15) is 5.75 Å². The topological polar surface area (TPSA) is 102 Å². The molecule has 0 saturated heterocycles. The minimum atomic E-state index is -0.417. The van der Waals surface area contributed by atoms with Crippen LogP contribution in [0.25, 0.3) is 6.08 Å². The number of rotatable bonds is 2. The Hall–Kier alpha value is -1.34. The van der Waals surface area contributed by atoms with E-state index in [4.69, 9.17) is 10.00 Å². The molecule has 6 heteroatoms. The molecule has 0 aliphatic heterocycles. The van der Waals surface area contributed by atoms with Gasteiger partial charge in [-0.15, -0.1) is 18.3 Å². The molecule has 2 rings (SSSR count). The van der Waals surface area contributed by atoms with E-state index < -0.39 is 18.3 Å². The second kappa shape index (κ2) is 19.0. The molecule has 5 nitrogen and oxygen atoms in total. The Morgan fingerprint density at radius 1 is 1.04 bits per heavy atom. The van der Waals surface area contributed by atoms with E-state index in [2.05, 4.69) is 18.2 Å². The Labute approximate surface area is 181 Å². The second-order valence-corrected chi connectivity index (χ2v) is 6.84. The minimum Gasteiger partial charge on any atom is -0.852 e. The SMILES string of the molecule is CC(C)[O-].CC(C)[O-].CC(C)[O-].COc1ccc2c(c1)C(CC#N)CC=C2.[Al+3]. The summed E-state index contributed by atoms with van der Waals surface area (Å²) in [6.45, 7) is 9.67. The standard InChI is InChI=1S/C13H13NO.3C3H7O.Al/c1-15-12-6-5-10-3-2-4-11(7-8-14)13(10)9-12;3*1-3(2)4;/h2-3,5-6,9,11H,4,7H2,1H3;3*3H,1-2H3;/q;3*-1;+3. The van der Waals surface area contributed by atoms with Gasteiger partial charge >= 0.3 is 17.4 Å².